The summed E-state index contributed by atoms with van der Waals surface area (Å²) in [7, 11) is 0. The first kappa shape index (κ1) is 14.2. The van der Waals surface area contributed by atoms with E-state index in [1.807, 2.05) is 18.2 Å². The second-order valence-corrected chi connectivity index (χ2v) is 6.04. The summed E-state index contributed by atoms with van der Waals surface area (Å²) in [4.78, 5) is 2.86. The lowest BCUT2D eigenvalue weighted by molar-refractivity contribution is 0.174. The molecule has 0 amide bonds. The number of hydrogen-bond donors (Lipinski definition) is 2. The largest absolute Gasteiger partial charge is 0.494 e. The van der Waals surface area contributed by atoms with Crippen LogP contribution >= 0.6 is 0 Å². The molecule has 1 aromatic heterocycles. The van der Waals surface area contributed by atoms with E-state index in [0.717, 1.165) is 27.3 Å². The van der Waals surface area contributed by atoms with Crippen LogP contribution in [0.1, 0.15) is 0 Å². The van der Waals surface area contributed by atoms with Crippen molar-refractivity contribution in [1.82, 2.24) is 4.98 Å². The Labute approximate surface area is 142 Å². The van der Waals surface area contributed by atoms with Gasteiger partial charge >= 0.3 is 0 Å². The summed E-state index contributed by atoms with van der Waals surface area (Å²) in [5, 5.41) is 13.5. The van der Waals surface area contributed by atoms with Crippen molar-refractivity contribution in [3.63, 3.8) is 0 Å². The van der Waals surface area contributed by atoms with Gasteiger partial charge in [-0.1, -0.05) is 18.2 Å². The van der Waals surface area contributed by atoms with E-state index in [1.165, 1.54) is 12.1 Å². The van der Waals surface area contributed by atoms with Crippen molar-refractivity contribution in [2.24, 2.45) is 0 Å². The van der Waals surface area contributed by atoms with Gasteiger partial charge < -0.3 is 19.6 Å². The van der Waals surface area contributed by atoms with Crippen LogP contribution in [0.5, 0.6) is 17.4 Å². The van der Waals surface area contributed by atoms with Gasteiger partial charge in [-0.3, -0.25) is 0 Å². The standard InChI is InChI=1S/C20H14FNO3/c21-13-4-1-11(2-5-13)17-15-10-22-20(23)14(15)9-12-3-6-16-19(18(12)17)25-8-7-24-16/h1-6,9-10,22-23H,7-8H2. The number of aromatic amines is 1. The fourth-order valence-electron chi connectivity index (χ4n) is 3.49. The lowest BCUT2D eigenvalue weighted by atomic mass is 9.93. The molecule has 1 aliphatic heterocycles. The molecule has 124 valence electrons. The second kappa shape index (κ2) is 5.14. The Bertz CT molecular complexity index is 1120. The van der Waals surface area contributed by atoms with Gasteiger partial charge in [0.2, 0.25) is 0 Å². The zero-order valence-electron chi connectivity index (χ0n) is 13.2. The molecule has 2 heterocycles. The summed E-state index contributed by atoms with van der Waals surface area (Å²) < 4.78 is 25.0. The van der Waals surface area contributed by atoms with Gasteiger partial charge in [-0.25, -0.2) is 4.39 Å². The molecule has 0 radical (unpaired) electrons. The lowest BCUT2D eigenvalue weighted by Crippen LogP contribution is -2.15. The number of hydrogen-bond acceptors (Lipinski definition) is 3. The molecule has 4 nitrogen and oxygen atoms in total. The summed E-state index contributed by atoms with van der Waals surface area (Å²) in [5.41, 5.74) is 1.73. The maximum absolute atomic E-state index is 13.4. The Kier molecular flexibility index (Phi) is 2.91. The molecule has 25 heavy (non-hydrogen) atoms. The van der Waals surface area contributed by atoms with Gasteiger partial charge in [0.05, 0.1) is 0 Å². The molecule has 0 saturated heterocycles. The number of H-pyrrole nitrogens is 1. The minimum absolute atomic E-state index is 0.107. The molecule has 0 atom stereocenters. The van der Waals surface area contributed by atoms with Crippen LogP contribution in [0.25, 0.3) is 32.7 Å². The smallest absolute Gasteiger partial charge is 0.196 e. The molecule has 0 fully saturated rings. The average molecular weight is 335 g/mol. The molecule has 1 aliphatic rings. The monoisotopic (exact) mass is 335 g/mol. The van der Waals surface area contributed by atoms with Crippen molar-refractivity contribution < 1.29 is 19.0 Å². The van der Waals surface area contributed by atoms with Crippen molar-refractivity contribution in [1.29, 1.82) is 0 Å². The van der Waals surface area contributed by atoms with Crippen molar-refractivity contribution in [3.05, 3.63) is 54.5 Å². The third kappa shape index (κ3) is 2.05. The topological polar surface area (TPSA) is 54.5 Å². The van der Waals surface area contributed by atoms with Gasteiger partial charge in [-0.15, -0.1) is 0 Å². The first-order chi connectivity index (χ1) is 12.2. The van der Waals surface area contributed by atoms with Crippen molar-refractivity contribution >= 4 is 21.5 Å². The van der Waals surface area contributed by atoms with Gasteiger partial charge in [0.15, 0.2) is 17.4 Å². The Balaban J connectivity index is 1.97. The third-order valence-electron chi connectivity index (χ3n) is 4.59. The number of halogens is 1. The predicted octanol–water partition coefficient (Wildman–Crippen LogP) is 4.60. The maximum atomic E-state index is 13.4. The average Bonchev–Trinajstić information content (AvgIpc) is 3.01. The van der Waals surface area contributed by atoms with Gasteiger partial charge in [-0.2, -0.15) is 0 Å². The summed E-state index contributed by atoms with van der Waals surface area (Å²) >= 11 is 0. The van der Waals surface area contributed by atoms with E-state index in [4.69, 9.17) is 9.47 Å². The number of nitrogens with one attached hydrogen (secondary N) is 1. The maximum Gasteiger partial charge on any atom is 0.196 e. The van der Waals surface area contributed by atoms with Gasteiger partial charge in [0.25, 0.3) is 0 Å². The van der Waals surface area contributed by atoms with Crippen LogP contribution in [-0.4, -0.2) is 23.3 Å². The molecule has 0 bridgehead atoms. The molecule has 2 N–H and O–H groups in total. The van der Waals surface area contributed by atoms with E-state index >= 15 is 0 Å². The third-order valence-corrected chi connectivity index (χ3v) is 4.59. The summed E-state index contributed by atoms with van der Waals surface area (Å²) in [6.07, 6.45) is 1.76. The normalized spacial score (nSPS) is 13.5. The molecule has 3 aromatic carbocycles. The minimum Gasteiger partial charge on any atom is -0.494 e. The van der Waals surface area contributed by atoms with E-state index in [9.17, 15) is 9.50 Å². The van der Waals surface area contributed by atoms with Crippen LogP contribution < -0.4 is 9.47 Å². The van der Waals surface area contributed by atoms with Gasteiger partial charge in [-0.05, 0) is 35.2 Å². The van der Waals surface area contributed by atoms with E-state index in [-0.39, 0.29) is 11.7 Å². The Morgan fingerprint density at radius 1 is 0.960 bits per heavy atom. The second-order valence-electron chi connectivity index (χ2n) is 6.04. The SMILES string of the molecule is Oc1[nH]cc2c(-c3ccc(F)cc3)c3c4c(ccc3cc12)OCCO4. The Hall–Kier alpha value is -3.21. The predicted molar refractivity (Wildman–Crippen MR) is 93.9 cm³/mol. The highest BCUT2D eigenvalue weighted by atomic mass is 19.1. The number of aromatic hydroxyl groups is 1. The first-order valence-corrected chi connectivity index (χ1v) is 8.03. The van der Waals surface area contributed by atoms with E-state index < -0.39 is 0 Å². The summed E-state index contributed by atoms with van der Waals surface area (Å²) in [5.74, 6) is 1.20. The number of ether oxygens (including phenoxy) is 2. The number of aromatic nitrogens is 1. The van der Waals surface area contributed by atoms with Gasteiger partial charge in [0.1, 0.15) is 19.0 Å². The number of benzene rings is 3. The molecule has 0 unspecified atom stereocenters. The zero-order chi connectivity index (χ0) is 17.0. The quantitative estimate of drug-likeness (QED) is 0.534. The van der Waals surface area contributed by atoms with E-state index in [2.05, 4.69) is 4.98 Å². The molecule has 0 aliphatic carbocycles. The minimum atomic E-state index is -0.293. The lowest BCUT2D eigenvalue weighted by Gasteiger charge is -2.22. The number of rotatable bonds is 1. The van der Waals surface area contributed by atoms with Crippen molar-refractivity contribution in [2.75, 3.05) is 13.2 Å². The summed E-state index contributed by atoms with van der Waals surface area (Å²) in [6.45, 7) is 0.989. The van der Waals surface area contributed by atoms with Crippen LogP contribution in [0.15, 0.2) is 48.7 Å². The highest BCUT2D eigenvalue weighted by Gasteiger charge is 2.21. The fraction of sp³-hybridized carbons (Fsp3) is 0.100. The first-order valence-electron chi connectivity index (χ1n) is 8.03. The zero-order valence-corrected chi connectivity index (χ0v) is 13.2. The van der Waals surface area contributed by atoms with Crippen LogP contribution in [-0.2, 0) is 0 Å². The van der Waals surface area contributed by atoms with Crippen LogP contribution in [0.4, 0.5) is 4.39 Å². The highest BCUT2D eigenvalue weighted by molar-refractivity contribution is 6.16. The van der Waals surface area contributed by atoms with Crippen molar-refractivity contribution in [2.45, 2.75) is 0 Å². The number of fused-ring (bicyclic) bond motifs is 4. The molecule has 0 saturated carbocycles. The Morgan fingerprint density at radius 2 is 1.76 bits per heavy atom. The van der Waals surface area contributed by atoms with E-state index in [0.29, 0.717) is 30.1 Å². The fourth-order valence-corrected chi connectivity index (χ4v) is 3.49. The Morgan fingerprint density at radius 3 is 2.60 bits per heavy atom. The molecule has 5 rings (SSSR count). The van der Waals surface area contributed by atoms with Crippen LogP contribution in [0.2, 0.25) is 0 Å². The highest BCUT2D eigenvalue weighted by Crippen LogP contribution is 2.47. The molecular weight excluding hydrogens is 321 g/mol. The molecule has 5 heteroatoms. The van der Waals surface area contributed by atoms with Crippen LogP contribution in [0, 0.1) is 5.82 Å². The molecule has 4 aromatic rings. The van der Waals surface area contributed by atoms with E-state index in [1.54, 1.807) is 18.3 Å². The van der Waals surface area contributed by atoms with Crippen molar-refractivity contribution in [3.8, 4) is 28.5 Å². The van der Waals surface area contributed by atoms with Gasteiger partial charge in [0, 0.05) is 27.9 Å². The molecular formula is C20H14FNO3. The summed E-state index contributed by atoms with van der Waals surface area (Å²) in [6, 6.07) is 12.1. The van der Waals surface area contributed by atoms with Crippen LogP contribution in [0.3, 0.4) is 0 Å². The molecule has 0 spiro atoms.